The molecule has 0 saturated heterocycles. The molecule has 46 heavy (non-hydrogen) atoms. The SMILES string of the molecule is CCOc1cc(C2C(C#N)=C(N)Oc3cc(OC(=O)C(C)Oc4ccc(CC)cc4)ccc32)ccc1OCc1ccc(Cl)cc1Cl. The van der Waals surface area contributed by atoms with E-state index >= 15 is 0 Å². The van der Waals surface area contributed by atoms with Crippen molar-refractivity contribution in [3.8, 4) is 34.8 Å². The first-order valence-corrected chi connectivity index (χ1v) is 15.5. The number of rotatable bonds is 11. The van der Waals surface area contributed by atoms with Gasteiger partial charge in [0.05, 0.1) is 12.5 Å². The van der Waals surface area contributed by atoms with Crippen LogP contribution in [0.1, 0.15) is 48.9 Å². The van der Waals surface area contributed by atoms with Crippen LogP contribution in [0.5, 0.6) is 28.7 Å². The number of nitrogens with two attached hydrogens (primary N) is 1. The summed E-state index contributed by atoms with van der Waals surface area (Å²) in [4.78, 5) is 12.9. The van der Waals surface area contributed by atoms with Crippen LogP contribution in [0.15, 0.2) is 90.3 Å². The molecule has 1 heterocycles. The number of hydrogen-bond acceptors (Lipinski definition) is 8. The molecule has 0 fully saturated rings. The van der Waals surface area contributed by atoms with Crippen LogP contribution < -0.4 is 29.4 Å². The molecule has 1 aliphatic rings. The van der Waals surface area contributed by atoms with Crippen molar-refractivity contribution in [3.05, 3.63) is 123 Å². The van der Waals surface area contributed by atoms with E-state index in [2.05, 4.69) is 13.0 Å². The molecule has 8 nitrogen and oxygen atoms in total. The van der Waals surface area contributed by atoms with E-state index in [1.54, 1.807) is 49.4 Å². The number of hydrogen-bond donors (Lipinski definition) is 1. The zero-order valence-corrected chi connectivity index (χ0v) is 27.0. The lowest BCUT2D eigenvalue weighted by Gasteiger charge is -2.27. The maximum atomic E-state index is 12.9. The number of benzene rings is 4. The van der Waals surface area contributed by atoms with E-state index in [0.29, 0.717) is 45.2 Å². The first kappa shape index (κ1) is 32.6. The van der Waals surface area contributed by atoms with Gasteiger partial charge >= 0.3 is 5.97 Å². The Kier molecular flexibility index (Phi) is 10.3. The highest BCUT2D eigenvalue weighted by Gasteiger charge is 2.32. The van der Waals surface area contributed by atoms with Crippen LogP contribution in [0, 0.1) is 11.3 Å². The minimum Gasteiger partial charge on any atom is -0.490 e. The van der Waals surface area contributed by atoms with Gasteiger partial charge < -0.3 is 29.4 Å². The van der Waals surface area contributed by atoms with E-state index in [1.807, 2.05) is 43.3 Å². The van der Waals surface area contributed by atoms with Crippen LogP contribution in [0.25, 0.3) is 0 Å². The molecule has 2 atom stereocenters. The Balaban J connectivity index is 1.37. The van der Waals surface area contributed by atoms with Gasteiger partial charge in [0.15, 0.2) is 17.6 Å². The number of esters is 1. The summed E-state index contributed by atoms with van der Waals surface area (Å²) >= 11 is 12.3. The van der Waals surface area contributed by atoms with Gasteiger partial charge in [-0.2, -0.15) is 5.26 Å². The number of carbonyl (C=O) groups is 1. The van der Waals surface area contributed by atoms with Crippen molar-refractivity contribution in [2.75, 3.05) is 6.61 Å². The molecule has 0 amide bonds. The lowest BCUT2D eigenvalue weighted by Crippen LogP contribution is -2.28. The summed E-state index contributed by atoms with van der Waals surface area (Å²) in [5.41, 5.74) is 9.79. The molecule has 1 aliphatic heterocycles. The van der Waals surface area contributed by atoms with E-state index in [-0.39, 0.29) is 23.8 Å². The highest BCUT2D eigenvalue weighted by Crippen LogP contribution is 2.45. The molecule has 2 N–H and O–H groups in total. The quantitative estimate of drug-likeness (QED) is 0.127. The largest absolute Gasteiger partial charge is 0.490 e. The maximum Gasteiger partial charge on any atom is 0.352 e. The van der Waals surface area contributed by atoms with Crippen molar-refractivity contribution in [1.82, 2.24) is 0 Å². The first-order valence-electron chi connectivity index (χ1n) is 14.7. The molecule has 236 valence electrons. The Labute approximate surface area is 277 Å². The zero-order chi connectivity index (χ0) is 32.8. The van der Waals surface area contributed by atoms with Gasteiger partial charge in [0, 0.05) is 27.2 Å². The van der Waals surface area contributed by atoms with Crippen molar-refractivity contribution >= 4 is 29.2 Å². The average Bonchev–Trinajstić information content (AvgIpc) is 3.04. The number of nitrogens with zero attached hydrogens (tertiary/aromatic N) is 1. The number of carbonyl (C=O) groups excluding carboxylic acids is 1. The van der Waals surface area contributed by atoms with E-state index in [4.69, 9.17) is 52.6 Å². The number of fused-ring (bicyclic) bond motifs is 1. The van der Waals surface area contributed by atoms with Crippen LogP contribution in [0.2, 0.25) is 10.0 Å². The third-order valence-corrected chi connectivity index (χ3v) is 7.97. The van der Waals surface area contributed by atoms with Crippen LogP contribution >= 0.6 is 23.2 Å². The third kappa shape index (κ3) is 7.34. The number of halogens is 2. The Hall–Kier alpha value is -4.84. The lowest BCUT2D eigenvalue weighted by molar-refractivity contribution is -0.141. The second kappa shape index (κ2) is 14.5. The molecular weight excluding hydrogens is 627 g/mol. The van der Waals surface area contributed by atoms with Gasteiger partial charge in [-0.15, -0.1) is 0 Å². The van der Waals surface area contributed by atoms with Crippen molar-refractivity contribution in [3.63, 3.8) is 0 Å². The number of nitriles is 1. The summed E-state index contributed by atoms with van der Waals surface area (Å²) in [6.45, 7) is 6.13. The molecule has 4 aromatic carbocycles. The molecule has 5 rings (SSSR count). The summed E-state index contributed by atoms with van der Waals surface area (Å²) in [7, 11) is 0. The van der Waals surface area contributed by atoms with Crippen LogP contribution in [-0.2, 0) is 17.8 Å². The number of aryl methyl sites for hydroxylation is 1. The van der Waals surface area contributed by atoms with Crippen LogP contribution in [0.4, 0.5) is 0 Å². The smallest absolute Gasteiger partial charge is 0.352 e. The van der Waals surface area contributed by atoms with Crippen molar-refractivity contribution in [2.45, 2.75) is 45.8 Å². The van der Waals surface area contributed by atoms with E-state index in [0.717, 1.165) is 17.5 Å². The molecular formula is C36H32Cl2N2O6. The van der Waals surface area contributed by atoms with Gasteiger partial charge in [0.25, 0.3) is 0 Å². The molecule has 0 aromatic heterocycles. The van der Waals surface area contributed by atoms with Crippen molar-refractivity contribution < 1.29 is 28.5 Å². The van der Waals surface area contributed by atoms with E-state index < -0.39 is 18.0 Å². The predicted molar refractivity (Wildman–Crippen MR) is 176 cm³/mol. The van der Waals surface area contributed by atoms with Gasteiger partial charge in [-0.05, 0) is 73.9 Å². The summed E-state index contributed by atoms with van der Waals surface area (Å²) < 4.78 is 29.2. The molecule has 10 heteroatoms. The monoisotopic (exact) mass is 658 g/mol. The van der Waals surface area contributed by atoms with Crippen LogP contribution in [0.3, 0.4) is 0 Å². The van der Waals surface area contributed by atoms with Gasteiger partial charge in [0.2, 0.25) is 5.88 Å². The highest BCUT2D eigenvalue weighted by atomic mass is 35.5. The molecule has 0 aliphatic carbocycles. The molecule has 4 aromatic rings. The summed E-state index contributed by atoms with van der Waals surface area (Å²) in [6.07, 6.45) is 0.0453. The molecule has 2 unspecified atom stereocenters. The van der Waals surface area contributed by atoms with E-state index in [1.165, 1.54) is 5.56 Å². The Morgan fingerprint density at radius 2 is 1.72 bits per heavy atom. The Morgan fingerprint density at radius 3 is 2.41 bits per heavy atom. The fourth-order valence-corrected chi connectivity index (χ4v) is 5.45. The molecule has 0 bridgehead atoms. The van der Waals surface area contributed by atoms with Crippen molar-refractivity contribution in [2.24, 2.45) is 5.73 Å². The summed E-state index contributed by atoms with van der Waals surface area (Å²) in [5, 5.41) is 11.1. The van der Waals surface area contributed by atoms with Gasteiger partial charge in [-0.3, -0.25) is 0 Å². The second-order valence-corrected chi connectivity index (χ2v) is 11.3. The summed E-state index contributed by atoms with van der Waals surface area (Å²) in [5.74, 6) is 0.939. The topological polar surface area (TPSA) is 113 Å². The normalized spacial score (nSPS) is 14.4. The fourth-order valence-electron chi connectivity index (χ4n) is 4.98. The predicted octanol–water partition coefficient (Wildman–Crippen LogP) is 8.12. The van der Waals surface area contributed by atoms with Crippen LogP contribution in [-0.4, -0.2) is 18.7 Å². The Morgan fingerprint density at radius 1 is 0.957 bits per heavy atom. The lowest BCUT2D eigenvalue weighted by atomic mass is 9.83. The summed E-state index contributed by atoms with van der Waals surface area (Å²) in [6, 6.07) is 25.3. The van der Waals surface area contributed by atoms with Crippen molar-refractivity contribution in [1.29, 1.82) is 5.26 Å². The highest BCUT2D eigenvalue weighted by molar-refractivity contribution is 6.35. The minimum atomic E-state index is -0.860. The zero-order valence-electron chi connectivity index (χ0n) is 25.5. The third-order valence-electron chi connectivity index (χ3n) is 7.38. The number of allylic oxidation sites excluding steroid dienone is 1. The molecule has 0 radical (unpaired) electrons. The molecule has 0 saturated carbocycles. The second-order valence-electron chi connectivity index (χ2n) is 10.5. The van der Waals surface area contributed by atoms with E-state index in [9.17, 15) is 10.1 Å². The first-order chi connectivity index (χ1) is 22.2. The molecule has 0 spiro atoms. The van der Waals surface area contributed by atoms with Gasteiger partial charge in [0.1, 0.15) is 35.5 Å². The maximum absolute atomic E-state index is 12.9. The fraction of sp³-hybridized carbons (Fsp3) is 0.222. The standard InChI is InChI=1S/C36H32Cl2N2O6/c1-4-22-6-11-26(12-7-22)44-21(3)36(41)45-27-13-14-28-32(18-27)46-35(40)29(19-39)34(28)23-9-15-31(33(16-23)42-5-2)43-20-24-8-10-25(37)17-30(24)38/h6-18,21,34H,4-5,20,40H2,1-3H3. The van der Waals surface area contributed by atoms with Gasteiger partial charge in [-0.1, -0.05) is 60.5 Å². The minimum absolute atomic E-state index is 0.0497. The number of ether oxygens (including phenoxy) is 5. The average molecular weight is 660 g/mol. The van der Waals surface area contributed by atoms with Gasteiger partial charge in [-0.25, -0.2) is 4.79 Å². The Bertz CT molecular complexity index is 1820.